The van der Waals surface area contributed by atoms with Gasteiger partial charge in [0.1, 0.15) is 6.10 Å². The maximum absolute atomic E-state index is 5.70. The summed E-state index contributed by atoms with van der Waals surface area (Å²) in [6.45, 7) is 5.98. The third-order valence-corrected chi connectivity index (χ3v) is 4.83. The van der Waals surface area contributed by atoms with Crippen molar-refractivity contribution in [3.05, 3.63) is 54.1 Å². The molecule has 0 aliphatic carbocycles. The van der Waals surface area contributed by atoms with Crippen molar-refractivity contribution in [3.8, 4) is 0 Å². The standard InChI is InChI=1S/C19H24N4O/c1-2-5-17(6-3-1)23-12-10-22(11-13-23)15-16-8-9-20-19(21-16)18-7-4-14-24-18/h1-3,5-6,8-9,18H,4,7,10-15H2. The highest BCUT2D eigenvalue weighted by Crippen LogP contribution is 2.25. The van der Waals surface area contributed by atoms with E-state index in [9.17, 15) is 0 Å². The molecule has 0 spiro atoms. The van der Waals surface area contributed by atoms with Gasteiger partial charge in [-0.05, 0) is 31.0 Å². The van der Waals surface area contributed by atoms with E-state index in [-0.39, 0.29) is 6.10 Å². The zero-order chi connectivity index (χ0) is 16.2. The Labute approximate surface area is 143 Å². The van der Waals surface area contributed by atoms with Gasteiger partial charge in [-0.25, -0.2) is 9.97 Å². The van der Waals surface area contributed by atoms with E-state index in [0.717, 1.165) is 63.7 Å². The summed E-state index contributed by atoms with van der Waals surface area (Å²) in [6, 6.07) is 12.7. The van der Waals surface area contributed by atoms with Crippen molar-refractivity contribution < 1.29 is 4.74 Å². The zero-order valence-electron chi connectivity index (χ0n) is 14.0. The number of benzene rings is 1. The summed E-state index contributed by atoms with van der Waals surface area (Å²) in [5.74, 6) is 0.855. The van der Waals surface area contributed by atoms with Gasteiger partial charge in [0.15, 0.2) is 5.82 Å². The third-order valence-electron chi connectivity index (χ3n) is 4.83. The molecule has 0 saturated carbocycles. The van der Waals surface area contributed by atoms with Gasteiger partial charge in [-0.3, -0.25) is 4.90 Å². The number of aromatic nitrogens is 2. The minimum Gasteiger partial charge on any atom is -0.370 e. The Kier molecular flexibility index (Phi) is 4.71. The van der Waals surface area contributed by atoms with Crippen molar-refractivity contribution in [1.82, 2.24) is 14.9 Å². The Morgan fingerprint density at radius 1 is 1.04 bits per heavy atom. The molecule has 1 unspecified atom stereocenters. The Morgan fingerprint density at radius 3 is 2.62 bits per heavy atom. The number of anilines is 1. The summed E-state index contributed by atoms with van der Waals surface area (Å²) in [7, 11) is 0. The van der Waals surface area contributed by atoms with E-state index in [4.69, 9.17) is 9.72 Å². The molecule has 0 N–H and O–H groups in total. The molecule has 5 nitrogen and oxygen atoms in total. The molecule has 3 heterocycles. The van der Waals surface area contributed by atoms with Gasteiger partial charge in [0.2, 0.25) is 0 Å². The highest BCUT2D eigenvalue weighted by Gasteiger charge is 2.22. The molecular formula is C19H24N4O. The van der Waals surface area contributed by atoms with Crippen LogP contribution < -0.4 is 4.90 Å². The molecule has 4 rings (SSSR count). The van der Waals surface area contributed by atoms with E-state index >= 15 is 0 Å². The van der Waals surface area contributed by atoms with Crippen LogP contribution in [0.4, 0.5) is 5.69 Å². The first-order chi connectivity index (χ1) is 11.9. The second-order valence-electron chi connectivity index (χ2n) is 6.51. The van der Waals surface area contributed by atoms with Crippen molar-refractivity contribution in [1.29, 1.82) is 0 Å². The zero-order valence-corrected chi connectivity index (χ0v) is 14.0. The average molecular weight is 324 g/mol. The normalized spacial score (nSPS) is 22.0. The molecule has 1 atom stereocenters. The second kappa shape index (κ2) is 7.28. The summed E-state index contributed by atoms with van der Waals surface area (Å²) in [5, 5.41) is 0. The Morgan fingerprint density at radius 2 is 1.88 bits per heavy atom. The number of rotatable bonds is 4. The van der Waals surface area contributed by atoms with Crippen LogP contribution in [0.5, 0.6) is 0 Å². The lowest BCUT2D eigenvalue weighted by Gasteiger charge is -2.36. The van der Waals surface area contributed by atoms with E-state index in [1.54, 1.807) is 0 Å². The minimum atomic E-state index is 0.0971. The van der Waals surface area contributed by atoms with Gasteiger partial charge in [-0.1, -0.05) is 18.2 Å². The highest BCUT2D eigenvalue weighted by atomic mass is 16.5. The van der Waals surface area contributed by atoms with E-state index in [0.29, 0.717) is 0 Å². The molecular weight excluding hydrogens is 300 g/mol. The SMILES string of the molecule is c1ccc(N2CCN(Cc3ccnc(C4CCCO4)n3)CC2)cc1. The molecule has 2 saturated heterocycles. The Balaban J connectivity index is 1.34. The molecule has 1 aromatic heterocycles. The monoisotopic (exact) mass is 324 g/mol. The van der Waals surface area contributed by atoms with Crippen molar-refractivity contribution >= 4 is 5.69 Å². The molecule has 0 radical (unpaired) electrons. The molecule has 2 aliphatic heterocycles. The van der Waals surface area contributed by atoms with Gasteiger partial charge < -0.3 is 9.64 Å². The highest BCUT2D eigenvalue weighted by molar-refractivity contribution is 5.46. The summed E-state index contributed by atoms with van der Waals surface area (Å²) in [4.78, 5) is 14.1. The molecule has 2 aromatic rings. The molecule has 2 fully saturated rings. The summed E-state index contributed by atoms with van der Waals surface area (Å²) < 4.78 is 5.70. The number of nitrogens with zero attached hydrogens (tertiary/aromatic N) is 4. The summed E-state index contributed by atoms with van der Waals surface area (Å²) >= 11 is 0. The lowest BCUT2D eigenvalue weighted by molar-refractivity contribution is 0.104. The van der Waals surface area contributed by atoms with Gasteiger partial charge in [-0.15, -0.1) is 0 Å². The second-order valence-corrected chi connectivity index (χ2v) is 6.51. The van der Waals surface area contributed by atoms with E-state index in [1.165, 1.54) is 5.69 Å². The quantitative estimate of drug-likeness (QED) is 0.865. The number of piperazine rings is 1. The Hall–Kier alpha value is -1.98. The number of hydrogen-bond acceptors (Lipinski definition) is 5. The van der Waals surface area contributed by atoms with Crippen LogP contribution in [0.1, 0.15) is 30.5 Å². The van der Waals surface area contributed by atoms with Crippen molar-refractivity contribution in [2.45, 2.75) is 25.5 Å². The predicted molar refractivity (Wildman–Crippen MR) is 93.9 cm³/mol. The largest absolute Gasteiger partial charge is 0.370 e. The van der Waals surface area contributed by atoms with Gasteiger partial charge in [0, 0.05) is 51.2 Å². The molecule has 126 valence electrons. The number of ether oxygens (including phenoxy) is 1. The lowest BCUT2D eigenvalue weighted by atomic mass is 10.2. The molecule has 24 heavy (non-hydrogen) atoms. The van der Waals surface area contributed by atoms with Crippen LogP contribution in [0, 0.1) is 0 Å². The molecule has 1 aromatic carbocycles. The molecule has 0 amide bonds. The fourth-order valence-electron chi connectivity index (χ4n) is 3.47. The minimum absolute atomic E-state index is 0.0971. The third kappa shape index (κ3) is 3.57. The maximum atomic E-state index is 5.70. The fraction of sp³-hybridized carbons (Fsp3) is 0.474. The number of para-hydroxylation sites is 1. The first-order valence-corrected chi connectivity index (χ1v) is 8.84. The van der Waals surface area contributed by atoms with Crippen LogP contribution in [0.25, 0.3) is 0 Å². The van der Waals surface area contributed by atoms with Crippen molar-refractivity contribution in [2.24, 2.45) is 0 Å². The summed E-state index contributed by atoms with van der Waals surface area (Å²) in [6.07, 6.45) is 4.12. The smallest absolute Gasteiger partial charge is 0.157 e. The molecule has 5 heteroatoms. The van der Waals surface area contributed by atoms with Gasteiger partial charge in [0.05, 0.1) is 5.69 Å². The van der Waals surface area contributed by atoms with Gasteiger partial charge in [0.25, 0.3) is 0 Å². The lowest BCUT2D eigenvalue weighted by Crippen LogP contribution is -2.46. The number of hydrogen-bond donors (Lipinski definition) is 0. The van der Waals surface area contributed by atoms with Crippen LogP contribution >= 0.6 is 0 Å². The van der Waals surface area contributed by atoms with Crippen LogP contribution in [0.2, 0.25) is 0 Å². The van der Waals surface area contributed by atoms with Gasteiger partial charge >= 0.3 is 0 Å². The van der Waals surface area contributed by atoms with Crippen molar-refractivity contribution in [2.75, 3.05) is 37.7 Å². The molecule has 2 aliphatic rings. The summed E-state index contributed by atoms with van der Waals surface area (Å²) in [5.41, 5.74) is 2.42. The van der Waals surface area contributed by atoms with E-state index in [1.807, 2.05) is 12.3 Å². The average Bonchev–Trinajstić information content (AvgIpc) is 3.18. The van der Waals surface area contributed by atoms with Crippen molar-refractivity contribution in [3.63, 3.8) is 0 Å². The topological polar surface area (TPSA) is 41.5 Å². The predicted octanol–water partition coefficient (Wildman–Crippen LogP) is 2.65. The molecule has 0 bridgehead atoms. The van der Waals surface area contributed by atoms with E-state index < -0.39 is 0 Å². The fourth-order valence-corrected chi connectivity index (χ4v) is 3.47. The maximum Gasteiger partial charge on any atom is 0.157 e. The van der Waals surface area contributed by atoms with Crippen LogP contribution in [-0.2, 0) is 11.3 Å². The van der Waals surface area contributed by atoms with Crippen LogP contribution in [0.15, 0.2) is 42.6 Å². The van der Waals surface area contributed by atoms with E-state index in [2.05, 4.69) is 45.1 Å². The van der Waals surface area contributed by atoms with Crippen LogP contribution in [0.3, 0.4) is 0 Å². The van der Waals surface area contributed by atoms with Gasteiger partial charge in [-0.2, -0.15) is 0 Å². The first kappa shape index (κ1) is 15.5. The van der Waals surface area contributed by atoms with Crippen LogP contribution in [-0.4, -0.2) is 47.7 Å². The Bertz CT molecular complexity index is 649. The first-order valence-electron chi connectivity index (χ1n) is 8.84.